The van der Waals surface area contributed by atoms with Gasteiger partial charge in [0.25, 0.3) is 0 Å². The quantitative estimate of drug-likeness (QED) is 0.00922. The molecule has 1 amide bonds. The van der Waals surface area contributed by atoms with Gasteiger partial charge in [0, 0.05) is 11.0 Å². The molecule has 0 fully saturated rings. The number of ether oxygens (including phenoxy) is 4. The number of amides is 1. The molecule has 4 N–H and O–H groups in total. The number of carbonyl (C=O) groups excluding carboxylic acids is 3. The van der Waals surface area contributed by atoms with E-state index < -0.39 is 135 Å². The Bertz CT molecular complexity index is 4920. The molecule has 25 nitrogen and oxygen atoms in total. The fraction of sp³-hybridized carbons (Fsp3) is 0.416. The van der Waals surface area contributed by atoms with Crippen LogP contribution >= 0.6 is 7.92 Å². The van der Waals surface area contributed by atoms with Gasteiger partial charge in [-0.25, -0.2) is 14.4 Å². The molecule has 42 heteroatoms. The normalized spacial score (nSPS) is 16.7. The van der Waals surface area contributed by atoms with E-state index in [0.717, 1.165) is 42.2 Å². The summed E-state index contributed by atoms with van der Waals surface area (Å²) < 4.78 is 270. The number of nitrogens with two attached hydrogens (primary N) is 1. The highest BCUT2D eigenvalue weighted by Crippen LogP contribution is 2.41. The van der Waals surface area contributed by atoms with Crippen LogP contribution in [0.2, 0.25) is 0 Å². The van der Waals surface area contributed by atoms with Crippen LogP contribution in [0.25, 0.3) is 10.4 Å². The van der Waals surface area contributed by atoms with Gasteiger partial charge in [0.1, 0.15) is 39.8 Å². The van der Waals surface area contributed by atoms with Gasteiger partial charge in [0.2, 0.25) is 0 Å². The fourth-order valence-corrected chi connectivity index (χ4v) is 15.7. The van der Waals surface area contributed by atoms with Crippen molar-refractivity contribution in [1.82, 2.24) is 5.32 Å². The van der Waals surface area contributed by atoms with Crippen molar-refractivity contribution in [3.63, 3.8) is 0 Å². The van der Waals surface area contributed by atoms with Crippen molar-refractivity contribution < 1.29 is 142 Å². The Morgan fingerprint density at radius 3 is 1.08 bits per heavy atom. The minimum atomic E-state index is -5.72. The lowest BCUT2D eigenvalue weighted by Crippen LogP contribution is -2.36. The molecule has 0 aromatic heterocycles. The second-order valence-corrected chi connectivity index (χ2v) is 37.7. The summed E-state index contributed by atoms with van der Waals surface area (Å²) in [5, 5.41) is 20.2. The van der Waals surface area contributed by atoms with Gasteiger partial charge < -0.3 is 51.8 Å². The molecule has 0 heterocycles. The number of alkyl halides is 12. The van der Waals surface area contributed by atoms with E-state index in [9.17, 15) is 106 Å². The summed E-state index contributed by atoms with van der Waals surface area (Å²) in [6, 6.07) is 46.7. The summed E-state index contributed by atoms with van der Waals surface area (Å²) >= 11 is 0. The highest BCUT2D eigenvalue weighted by atomic mass is 32.2. The third-order valence-electron chi connectivity index (χ3n) is 16.5. The highest BCUT2D eigenvalue weighted by molar-refractivity contribution is 7.88. The summed E-state index contributed by atoms with van der Waals surface area (Å²) in [5.41, 5.74) is -4.22. The van der Waals surface area contributed by atoms with Gasteiger partial charge in [-0.15, -0.1) is 0 Å². The molecule has 0 unspecified atom stereocenters. The molecule has 4 atom stereocenters. The molecule has 0 spiro atoms. The number of alkyl carbamates (subject to hydrolysis) is 1. The third-order valence-corrected chi connectivity index (χ3v) is 22.9. The van der Waals surface area contributed by atoms with E-state index in [2.05, 4.69) is 128 Å². The molecule has 4 aliphatic rings. The molecule has 0 aliphatic heterocycles. The van der Waals surface area contributed by atoms with E-state index in [4.69, 9.17) is 25.5 Å². The van der Waals surface area contributed by atoms with E-state index >= 15 is 0 Å². The van der Waals surface area contributed by atoms with Gasteiger partial charge in [0.15, 0.2) is 0 Å². The molecule has 0 bridgehead atoms. The average molecular weight is 1790 g/mol. The number of halogens is 12. The summed E-state index contributed by atoms with van der Waals surface area (Å²) in [4.78, 5) is 36.7. The largest absolute Gasteiger partial charge is 0.534 e. The second-order valence-electron chi connectivity index (χ2n) is 29.4. The first kappa shape index (κ1) is 98.2. The number of rotatable bonds is 13. The molecule has 4 aliphatic carbocycles. The Labute approximate surface area is 681 Å². The number of fused-ring (bicyclic) bond motifs is 4. The number of benzene rings is 7. The number of aliphatic hydroxyl groups excluding tert-OH is 1. The monoisotopic (exact) mass is 1790 g/mol. The van der Waals surface area contributed by atoms with Crippen molar-refractivity contribution >= 4 is 82.7 Å². The standard InChI is InChI=1S/C18H15P.C16H20F3NO5S.C11H10F3N3O3S.C11H12F3NO3S.C11H11F3O4S.C10H18O5/c1-4-10-16(11-5-1)19(17-12-6-2-7-13-17)18-14-8-3-9-15-18;1-15(2,3)24-14(21)20-13-6-4-5-10-9-11(7-8-12(10)13)25-26(22,23)16(17,18)19;12-11(13,14)21(18,19)20-8-4-5-9-7(6-8)2-1-3-10(9)16-17-15;2*12-11(13,14)19(16,17)18-8-4-5-9-7(6-8)2-1-3-10(9)15;1-9(2,3)14-7(11)13-8(12)15-10(4,5)6/h1-15H;7-9,13H,4-6H2,1-3H3,(H,20,21);4-6,10H,1-3H2;4-6,10H,1-3,15H2;4-6,10,15H,1-3H2;1-6H3/t;13-;3*10-;/m.1110./s1. The van der Waals surface area contributed by atoms with E-state index in [0.29, 0.717) is 97.6 Å². The number of aliphatic hydroxyl groups is 1. The van der Waals surface area contributed by atoms with Crippen molar-refractivity contribution in [3.05, 3.63) is 219 Å². The van der Waals surface area contributed by atoms with Crippen LogP contribution in [0.3, 0.4) is 0 Å². The van der Waals surface area contributed by atoms with Gasteiger partial charge in [-0.2, -0.15) is 86.4 Å². The number of carbonyl (C=O) groups is 3. The Kier molecular flexibility index (Phi) is 33.5. The Balaban J connectivity index is 0.000000223. The molecule has 0 radical (unpaired) electrons. The number of hydrogen-bond acceptors (Lipinski definition) is 22. The average Bonchev–Trinajstić information content (AvgIpc) is 0.796. The smallest absolute Gasteiger partial charge is 0.444 e. The first-order valence-electron chi connectivity index (χ1n) is 36.0. The predicted molar refractivity (Wildman–Crippen MR) is 415 cm³/mol. The molecule has 0 saturated heterocycles. The van der Waals surface area contributed by atoms with Crippen LogP contribution in [0.4, 0.5) is 67.1 Å². The van der Waals surface area contributed by atoms with E-state index in [1.165, 1.54) is 70.5 Å². The molecule has 11 rings (SSSR count). The maximum Gasteiger partial charge on any atom is 0.534 e. The summed E-state index contributed by atoms with van der Waals surface area (Å²) in [6.07, 6.45) is 4.40. The lowest BCUT2D eigenvalue weighted by Gasteiger charge is -2.28. The molecular formula is C77H86F12N5O20PS4. The number of nitrogens with zero attached hydrogens (tertiary/aromatic N) is 3. The van der Waals surface area contributed by atoms with Crippen molar-refractivity contribution in [2.24, 2.45) is 10.8 Å². The van der Waals surface area contributed by atoms with E-state index in [-0.39, 0.29) is 17.8 Å². The minimum Gasteiger partial charge on any atom is -0.444 e. The van der Waals surface area contributed by atoms with Gasteiger partial charge in [-0.3, -0.25) is 0 Å². The zero-order valence-corrected chi connectivity index (χ0v) is 69.3. The molecule has 119 heavy (non-hydrogen) atoms. The minimum absolute atomic E-state index is 0.169. The topological polar surface area (TPSA) is 369 Å². The molecule has 7 aromatic carbocycles. The fourth-order valence-electron chi connectivity index (χ4n) is 11.6. The Morgan fingerprint density at radius 2 is 0.731 bits per heavy atom. The van der Waals surface area contributed by atoms with Crippen molar-refractivity contribution in [1.29, 1.82) is 0 Å². The summed E-state index contributed by atoms with van der Waals surface area (Å²) in [6.45, 7) is 15.2. The number of aryl methyl sites for hydroxylation is 4. The van der Waals surface area contributed by atoms with Crippen LogP contribution in [-0.2, 0) is 85.1 Å². The Morgan fingerprint density at radius 1 is 0.429 bits per heavy atom. The van der Waals surface area contributed by atoms with Crippen LogP contribution in [-0.4, -0.2) is 96.0 Å². The highest BCUT2D eigenvalue weighted by Gasteiger charge is 2.51. The maximum absolute atomic E-state index is 12.4. The van der Waals surface area contributed by atoms with Crippen LogP contribution in [0.15, 0.2) is 169 Å². The zero-order valence-electron chi connectivity index (χ0n) is 65.1. The predicted octanol–water partition coefficient (Wildman–Crippen LogP) is 18.3. The van der Waals surface area contributed by atoms with Gasteiger partial charge >= 0.3 is 80.9 Å². The van der Waals surface area contributed by atoms with Crippen LogP contribution in [0.1, 0.15) is 182 Å². The van der Waals surface area contributed by atoms with Crippen LogP contribution in [0.5, 0.6) is 23.0 Å². The third kappa shape index (κ3) is 30.5. The van der Waals surface area contributed by atoms with Crippen molar-refractivity contribution in [3.8, 4) is 23.0 Å². The maximum atomic E-state index is 12.4. The van der Waals surface area contributed by atoms with Crippen LogP contribution < -0.4 is 43.7 Å². The molecule has 0 saturated carbocycles. The van der Waals surface area contributed by atoms with E-state index in [1.54, 1.807) is 62.3 Å². The zero-order chi connectivity index (χ0) is 89.1. The van der Waals surface area contributed by atoms with Gasteiger partial charge in [0.05, 0.1) is 18.2 Å². The van der Waals surface area contributed by atoms with Crippen molar-refractivity contribution in [2.45, 2.75) is 202 Å². The number of azide groups is 1. The molecular weight excluding hydrogens is 1700 g/mol. The molecule has 652 valence electrons. The number of nitrogens with one attached hydrogen (secondary N) is 1. The lowest BCUT2D eigenvalue weighted by atomic mass is 9.87. The number of hydrogen-bond donors (Lipinski definition) is 3. The second kappa shape index (κ2) is 40.6. The lowest BCUT2D eigenvalue weighted by molar-refractivity contribution is -0.0504. The molecule has 7 aromatic rings. The van der Waals surface area contributed by atoms with Gasteiger partial charge in [-0.05, 0) is 262 Å². The summed E-state index contributed by atoms with van der Waals surface area (Å²) in [7, 11) is -23.1. The first-order valence-corrected chi connectivity index (χ1v) is 43.0. The SMILES string of the molecule is CC(C)(C)OC(=O)N[C@@H]1CCCc2cc(OS(=O)(=O)C(F)(F)F)ccc21.CC(C)(C)OC(=O)OC(=O)OC(C)(C)C.N[C@@H]1CCCc2cc(OS(=O)(=O)C(F)(F)F)ccc21.O=S(=O)(Oc1ccc2c(c1)CCC[C@@H]2O)C(F)(F)F.[N-]=[N+]=N[C@@H]1CCCc2cc(OS(=O)(=O)C(F)(F)F)ccc21.c1ccc(P(c2ccccc2)c2ccccc2)cc1. The Hall–Kier alpha value is -9.63. The van der Waals surface area contributed by atoms with Crippen LogP contribution in [0, 0.1) is 0 Å². The van der Waals surface area contributed by atoms with Crippen molar-refractivity contribution in [2.75, 3.05) is 0 Å². The van der Waals surface area contributed by atoms with Gasteiger partial charge in [-0.1, -0.05) is 120 Å². The van der Waals surface area contributed by atoms with E-state index in [1.807, 2.05) is 0 Å². The summed E-state index contributed by atoms with van der Waals surface area (Å²) in [5.74, 6) is -1.57. The first-order chi connectivity index (χ1) is 54.9.